The largest absolute Gasteiger partial charge is 0.416 e. The van der Waals surface area contributed by atoms with Crippen molar-refractivity contribution in [3.63, 3.8) is 0 Å². The summed E-state index contributed by atoms with van der Waals surface area (Å²) < 4.78 is 51.5. The lowest BCUT2D eigenvalue weighted by molar-refractivity contribution is -0.137. The summed E-state index contributed by atoms with van der Waals surface area (Å²) in [5.41, 5.74) is -1.75. The lowest BCUT2D eigenvalue weighted by atomic mass is 10.1. The molecule has 1 aromatic carbocycles. The number of likely N-dealkylation sites (N-methyl/N-ethyl adjacent to an activating group) is 1. The Kier molecular flexibility index (Phi) is 4.20. The lowest BCUT2D eigenvalue weighted by Gasteiger charge is -2.26. The normalized spacial score (nSPS) is 22.4. The van der Waals surface area contributed by atoms with Crippen LogP contribution in [0.5, 0.6) is 0 Å². The number of hydrogen-bond donors (Lipinski definition) is 2. The van der Waals surface area contributed by atoms with Crippen LogP contribution in [0, 0.1) is 5.82 Å². The van der Waals surface area contributed by atoms with Crippen molar-refractivity contribution in [1.82, 2.24) is 10.2 Å². The van der Waals surface area contributed by atoms with Crippen molar-refractivity contribution in [3.05, 3.63) is 35.1 Å². The number of amides is 1. The maximum atomic E-state index is 13.7. The Bertz CT molecular complexity index is 547. The van der Waals surface area contributed by atoms with E-state index in [1.54, 1.807) is 0 Å². The van der Waals surface area contributed by atoms with Gasteiger partial charge in [-0.3, -0.25) is 4.79 Å². The summed E-state index contributed by atoms with van der Waals surface area (Å²) in [7, 11) is 1.32. The Balaban J connectivity index is 2.30. The van der Waals surface area contributed by atoms with Crippen LogP contribution >= 0.6 is 0 Å². The highest BCUT2D eigenvalue weighted by atomic mass is 19.4. The zero-order valence-electron chi connectivity index (χ0n) is 11.1. The minimum Gasteiger partial charge on any atom is -0.390 e. The first-order valence-electron chi connectivity index (χ1n) is 6.24. The van der Waals surface area contributed by atoms with Gasteiger partial charge in [0.2, 0.25) is 0 Å². The fourth-order valence-corrected chi connectivity index (χ4v) is 2.25. The smallest absolute Gasteiger partial charge is 0.390 e. The summed E-state index contributed by atoms with van der Waals surface area (Å²) in [6.07, 6.45) is -5.50. The summed E-state index contributed by atoms with van der Waals surface area (Å²) in [5, 5.41) is 12.5. The minimum absolute atomic E-state index is 0.271. The van der Waals surface area contributed by atoms with Gasteiger partial charge in [0.25, 0.3) is 5.91 Å². The molecule has 1 saturated heterocycles. The summed E-state index contributed by atoms with van der Waals surface area (Å²) in [6.45, 7) is 0.567. The van der Waals surface area contributed by atoms with Crippen molar-refractivity contribution in [2.45, 2.75) is 18.3 Å². The third-order valence-corrected chi connectivity index (χ3v) is 3.49. The zero-order valence-corrected chi connectivity index (χ0v) is 11.1. The molecule has 2 atom stereocenters. The van der Waals surface area contributed by atoms with Crippen LogP contribution < -0.4 is 5.32 Å². The van der Waals surface area contributed by atoms with Gasteiger partial charge in [-0.05, 0) is 18.2 Å². The molecule has 1 heterocycles. The SMILES string of the molecule is CN(C(=O)c1cc(C(F)(F)F)ccc1F)[C@@H]1CNC[C@H]1O. The van der Waals surface area contributed by atoms with Gasteiger partial charge in [-0.1, -0.05) is 0 Å². The first-order valence-corrected chi connectivity index (χ1v) is 6.24. The van der Waals surface area contributed by atoms with E-state index >= 15 is 0 Å². The predicted octanol–water partition coefficient (Wildman–Crippen LogP) is 1.25. The van der Waals surface area contributed by atoms with Crippen molar-refractivity contribution in [1.29, 1.82) is 0 Å². The average Bonchev–Trinajstić information content (AvgIpc) is 2.82. The number of aliphatic hydroxyl groups is 1. The maximum absolute atomic E-state index is 13.7. The second kappa shape index (κ2) is 5.61. The van der Waals surface area contributed by atoms with Gasteiger partial charge < -0.3 is 15.3 Å². The number of alkyl halides is 3. The molecule has 0 bridgehead atoms. The quantitative estimate of drug-likeness (QED) is 0.809. The predicted molar refractivity (Wildman–Crippen MR) is 66.2 cm³/mol. The highest BCUT2D eigenvalue weighted by Gasteiger charge is 2.35. The molecular weight excluding hydrogens is 292 g/mol. The molecular formula is C13H14F4N2O2. The average molecular weight is 306 g/mol. The number of rotatable bonds is 2. The molecule has 21 heavy (non-hydrogen) atoms. The number of halogens is 4. The lowest BCUT2D eigenvalue weighted by Crippen LogP contribution is -2.44. The molecule has 1 aliphatic heterocycles. The Morgan fingerprint density at radius 3 is 2.57 bits per heavy atom. The molecule has 0 unspecified atom stereocenters. The van der Waals surface area contributed by atoms with E-state index in [0.29, 0.717) is 24.7 Å². The van der Waals surface area contributed by atoms with Crippen LogP contribution in [0.25, 0.3) is 0 Å². The van der Waals surface area contributed by atoms with Crippen LogP contribution in [0.3, 0.4) is 0 Å². The fourth-order valence-electron chi connectivity index (χ4n) is 2.25. The van der Waals surface area contributed by atoms with Crippen LogP contribution in [-0.2, 0) is 6.18 Å². The number of carbonyl (C=O) groups is 1. The van der Waals surface area contributed by atoms with Crippen LogP contribution in [0.15, 0.2) is 18.2 Å². The number of aliphatic hydroxyl groups excluding tert-OH is 1. The minimum atomic E-state index is -4.66. The van der Waals surface area contributed by atoms with Gasteiger partial charge >= 0.3 is 6.18 Å². The molecule has 0 aliphatic carbocycles. The Labute approximate surface area is 118 Å². The number of nitrogens with zero attached hydrogens (tertiary/aromatic N) is 1. The van der Waals surface area contributed by atoms with Gasteiger partial charge in [-0.2, -0.15) is 13.2 Å². The van der Waals surface area contributed by atoms with Gasteiger partial charge in [-0.25, -0.2) is 4.39 Å². The summed E-state index contributed by atoms with van der Waals surface area (Å²) in [5.74, 6) is -1.92. The Hall–Kier alpha value is -1.67. The van der Waals surface area contributed by atoms with Crippen molar-refractivity contribution in [2.24, 2.45) is 0 Å². The summed E-state index contributed by atoms with van der Waals surface area (Å²) in [6, 6.07) is 1.08. The van der Waals surface area contributed by atoms with Gasteiger partial charge in [-0.15, -0.1) is 0 Å². The molecule has 1 aromatic rings. The molecule has 1 amide bonds. The van der Waals surface area contributed by atoms with Crippen molar-refractivity contribution in [3.8, 4) is 0 Å². The van der Waals surface area contributed by atoms with Gasteiger partial charge in [0.1, 0.15) is 5.82 Å². The van der Waals surface area contributed by atoms with E-state index < -0.39 is 41.2 Å². The van der Waals surface area contributed by atoms with E-state index in [-0.39, 0.29) is 6.54 Å². The van der Waals surface area contributed by atoms with Crippen molar-refractivity contribution >= 4 is 5.91 Å². The third kappa shape index (κ3) is 3.16. The molecule has 1 fully saturated rings. The number of hydrogen-bond acceptors (Lipinski definition) is 3. The van der Waals surface area contributed by atoms with E-state index in [0.717, 1.165) is 4.90 Å². The van der Waals surface area contributed by atoms with Crippen LogP contribution in [0.1, 0.15) is 15.9 Å². The first kappa shape index (κ1) is 15.7. The van der Waals surface area contributed by atoms with E-state index in [2.05, 4.69) is 5.32 Å². The van der Waals surface area contributed by atoms with E-state index in [4.69, 9.17) is 0 Å². The van der Waals surface area contributed by atoms with Crippen molar-refractivity contribution in [2.75, 3.05) is 20.1 Å². The fraction of sp³-hybridized carbons (Fsp3) is 0.462. The van der Waals surface area contributed by atoms with E-state index in [9.17, 15) is 27.5 Å². The Morgan fingerprint density at radius 1 is 1.38 bits per heavy atom. The monoisotopic (exact) mass is 306 g/mol. The maximum Gasteiger partial charge on any atom is 0.416 e. The van der Waals surface area contributed by atoms with Gasteiger partial charge in [0.15, 0.2) is 0 Å². The third-order valence-electron chi connectivity index (χ3n) is 3.49. The van der Waals surface area contributed by atoms with Gasteiger partial charge in [0.05, 0.1) is 23.3 Å². The topological polar surface area (TPSA) is 52.6 Å². The highest BCUT2D eigenvalue weighted by molar-refractivity contribution is 5.94. The molecule has 0 spiro atoms. The van der Waals surface area contributed by atoms with Crippen LogP contribution in [0.2, 0.25) is 0 Å². The van der Waals surface area contributed by atoms with E-state index in [1.807, 2.05) is 0 Å². The van der Waals surface area contributed by atoms with Crippen molar-refractivity contribution < 1.29 is 27.5 Å². The number of carbonyl (C=O) groups excluding carboxylic acids is 1. The van der Waals surface area contributed by atoms with Crippen LogP contribution in [0.4, 0.5) is 17.6 Å². The molecule has 4 nitrogen and oxygen atoms in total. The number of nitrogens with one attached hydrogen (secondary N) is 1. The summed E-state index contributed by atoms with van der Waals surface area (Å²) in [4.78, 5) is 13.2. The molecule has 8 heteroatoms. The second-order valence-electron chi connectivity index (χ2n) is 4.90. The zero-order chi connectivity index (χ0) is 15.8. The standard InChI is InChI=1S/C13H14F4N2O2/c1-19(10-5-18-6-11(10)20)12(21)8-4-7(13(15,16)17)2-3-9(8)14/h2-4,10-11,18,20H,5-6H2,1H3/t10-,11-/m1/s1. The molecule has 2 rings (SSSR count). The van der Waals surface area contributed by atoms with E-state index in [1.165, 1.54) is 7.05 Å². The highest BCUT2D eigenvalue weighted by Crippen LogP contribution is 2.30. The first-order chi connectivity index (χ1) is 9.71. The number of benzene rings is 1. The molecule has 0 aromatic heterocycles. The second-order valence-corrected chi connectivity index (χ2v) is 4.90. The molecule has 2 N–H and O–H groups in total. The van der Waals surface area contributed by atoms with Crippen LogP contribution in [-0.4, -0.2) is 48.2 Å². The molecule has 0 radical (unpaired) electrons. The molecule has 116 valence electrons. The molecule has 1 aliphatic rings. The molecule has 0 saturated carbocycles. The summed E-state index contributed by atoms with van der Waals surface area (Å²) >= 11 is 0. The Morgan fingerprint density at radius 2 is 2.05 bits per heavy atom. The number of β-amino-alcohol motifs (C(OH)–C–C–N with tert-alkyl or cyclic N) is 1. The van der Waals surface area contributed by atoms with Gasteiger partial charge in [0, 0.05) is 20.1 Å².